The van der Waals surface area contributed by atoms with Crippen LogP contribution in [0.1, 0.15) is 28.4 Å². The summed E-state index contributed by atoms with van der Waals surface area (Å²) < 4.78 is 5.48. The molecule has 0 spiro atoms. The number of thiophene rings is 1. The summed E-state index contributed by atoms with van der Waals surface area (Å²) in [6.45, 7) is 4.44. The van der Waals surface area contributed by atoms with Crippen LogP contribution in [0.4, 0.5) is 5.69 Å². The lowest BCUT2D eigenvalue weighted by Gasteiger charge is -2.11. The number of nitrogens with one attached hydrogen (secondary N) is 1. The zero-order chi connectivity index (χ0) is 14.5. The van der Waals surface area contributed by atoms with Crippen molar-refractivity contribution in [3.8, 4) is 5.75 Å². The summed E-state index contributed by atoms with van der Waals surface area (Å²) in [5, 5.41) is 6.69. The van der Waals surface area contributed by atoms with Gasteiger partial charge in [0.25, 0.3) is 5.91 Å². The van der Waals surface area contributed by atoms with Crippen LogP contribution in [-0.4, -0.2) is 12.5 Å². The molecule has 2 aromatic rings. The fraction of sp³-hybridized carbons (Fsp3) is 0.267. The molecule has 1 amide bonds. The van der Waals surface area contributed by atoms with Gasteiger partial charge in [0.15, 0.2) is 0 Å². The van der Waals surface area contributed by atoms with Crippen LogP contribution in [0.15, 0.2) is 29.0 Å². The van der Waals surface area contributed by atoms with E-state index in [4.69, 9.17) is 16.3 Å². The Bertz CT molecular complexity index is 610. The van der Waals surface area contributed by atoms with Crippen LogP contribution < -0.4 is 10.1 Å². The Morgan fingerprint density at radius 3 is 2.80 bits per heavy atom. The maximum Gasteiger partial charge on any atom is 0.256 e. The van der Waals surface area contributed by atoms with Gasteiger partial charge in [-0.1, -0.05) is 0 Å². The molecule has 5 heteroatoms. The van der Waals surface area contributed by atoms with E-state index in [0.717, 1.165) is 22.6 Å². The molecule has 0 saturated carbocycles. The summed E-state index contributed by atoms with van der Waals surface area (Å²) >= 11 is 7.43. The third-order valence-corrected chi connectivity index (χ3v) is 4.01. The Kier molecular flexibility index (Phi) is 5.04. The van der Waals surface area contributed by atoms with Gasteiger partial charge in [-0.25, -0.2) is 0 Å². The van der Waals surface area contributed by atoms with Crippen LogP contribution in [0.3, 0.4) is 0 Å². The molecule has 106 valence electrons. The first-order valence-electron chi connectivity index (χ1n) is 6.31. The molecular formula is C15H16ClNO2S. The third-order valence-electron chi connectivity index (χ3n) is 2.86. The topological polar surface area (TPSA) is 38.3 Å². The van der Waals surface area contributed by atoms with E-state index < -0.39 is 0 Å². The molecule has 3 nitrogen and oxygen atoms in total. The summed E-state index contributed by atoms with van der Waals surface area (Å²) in [7, 11) is 0. The van der Waals surface area contributed by atoms with Crippen LogP contribution in [0.5, 0.6) is 5.75 Å². The maximum absolute atomic E-state index is 12.1. The summed E-state index contributed by atoms with van der Waals surface area (Å²) in [5.74, 6) is 0.997. The number of amides is 1. The SMILES string of the molecule is CCOc1ccc(NC(=O)c2cscc2C)cc1CCl. The largest absolute Gasteiger partial charge is 0.494 e. The van der Waals surface area contributed by atoms with Crippen molar-refractivity contribution in [3.05, 3.63) is 45.6 Å². The lowest BCUT2D eigenvalue weighted by Crippen LogP contribution is -2.12. The highest BCUT2D eigenvalue weighted by atomic mass is 35.5. The zero-order valence-electron chi connectivity index (χ0n) is 11.4. The molecule has 0 atom stereocenters. The second-order valence-corrected chi connectivity index (χ2v) is 5.32. The Labute approximate surface area is 127 Å². The highest BCUT2D eigenvalue weighted by Crippen LogP contribution is 2.25. The monoisotopic (exact) mass is 309 g/mol. The molecule has 20 heavy (non-hydrogen) atoms. The van der Waals surface area contributed by atoms with Crippen molar-refractivity contribution in [2.24, 2.45) is 0 Å². The Morgan fingerprint density at radius 2 is 2.20 bits per heavy atom. The van der Waals surface area contributed by atoms with Gasteiger partial charge in [-0.15, -0.1) is 11.6 Å². The molecule has 1 aromatic heterocycles. The van der Waals surface area contributed by atoms with Gasteiger partial charge in [-0.05, 0) is 43.0 Å². The van der Waals surface area contributed by atoms with Crippen molar-refractivity contribution in [2.45, 2.75) is 19.7 Å². The minimum absolute atomic E-state index is 0.103. The number of carbonyl (C=O) groups is 1. The van der Waals surface area contributed by atoms with Gasteiger partial charge in [0.2, 0.25) is 0 Å². The molecular weight excluding hydrogens is 294 g/mol. The van der Waals surface area contributed by atoms with Gasteiger partial charge < -0.3 is 10.1 Å². The van der Waals surface area contributed by atoms with Crippen molar-refractivity contribution in [1.29, 1.82) is 0 Å². The second kappa shape index (κ2) is 6.77. The molecule has 0 radical (unpaired) electrons. The Hall–Kier alpha value is -1.52. The normalized spacial score (nSPS) is 10.3. The molecule has 1 N–H and O–H groups in total. The fourth-order valence-corrected chi connectivity index (χ4v) is 2.89. The predicted octanol–water partition coefficient (Wildman–Crippen LogP) is 4.45. The predicted molar refractivity (Wildman–Crippen MR) is 84.2 cm³/mol. The van der Waals surface area contributed by atoms with Crippen LogP contribution in [-0.2, 0) is 5.88 Å². The zero-order valence-corrected chi connectivity index (χ0v) is 13.0. The molecule has 1 heterocycles. The number of aryl methyl sites for hydroxylation is 1. The van der Waals surface area contributed by atoms with Gasteiger partial charge in [0.1, 0.15) is 5.75 Å². The minimum Gasteiger partial charge on any atom is -0.494 e. The first-order valence-corrected chi connectivity index (χ1v) is 7.79. The van der Waals surface area contributed by atoms with Crippen molar-refractivity contribution in [2.75, 3.05) is 11.9 Å². The van der Waals surface area contributed by atoms with E-state index in [9.17, 15) is 4.79 Å². The van der Waals surface area contributed by atoms with Gasteiger partial charge in [-0.3, -0.25) is 4.79 Å². The van der Waals surface area contributed by atoms with E-state index >= 15 is 0 Å². The van der Waals surface area contributed by atoms with Crippen LogP contribution >= 0.6 is 22.9 Å². The number of ether oxygens (including phenoxy) is 1. The molecule has 0 aliphatic carbocycles. The number of alkyl halides is 1. The van der Waals surface area contributed by atoms with E-state index in [0.29, 0.717) is 18.1 Å². The average Bonchev–Trinajstić information content (AvgIpc) is 2.87. The Morgan fingerprint density at radius 1 is 1.40 bits per heavy atom. The number of hydrogen-bond donors (Lipinski definition) is 1. The highest BCUT2D eigenvalue weighted by molar-refractivity contribution is 7.08. The smallest absolute Gasteiger partial charge is 0.256 e. The second-order valence-electron chi connectivity index (χ2n) is 4.31. The number of halogens is 1. The average molecular weight is 310 g/mol. The summed E-state index contributed by atoms with van der Waals surface area (Å²) in [5.41, 5.74) is 3.28. The highest BCUT2D eigenvalue weighted by Gasteiger charge is 2.11. The molecule has 1 aromatic carbocycles. The third kappa shape index (κ3) is 3.32. The first kappa shape index (κ1) is 14.9. The van der Waals surface area contributed by atoms with Gasteiger partial charge in [0, 0.05) is 16.6 Å². The van der Waals surface area contributed by atoms with Crippen LogP contribution in [0.2, 0.25) is 0 Å². The standard InChI is InChI=1S/C15H16ClNO2S/c1-3-19-14-5-4-12(6-11(14)7-16)17-15(18)13-9-20-8-10(13)2/h4-6,8-9H,3,7H2,1-2H3,(H,17,18). The summed E-state index contributed by atoms with van der Waals surface area (Å²) in [6, 6.07) is 5.50. The number of hydrogen-bond acceptors (Lipinski definition) is 3. The molecule has 0 aliphatic rings. The molecule has 0 unspecified atom stereocenters. The summed E-state index contributed by atoms with van der Waals surface area (Å²) in [4.78, 5) is 12.1. The van der Waals surface area contributed by atoms with E-state index in [1.54, 1.807) is 0 Å². The lowest BCUT2D eigenvalue weighted by molar-refractivity contribution is 0.102. The number of carbonyl (C=O) groups excluding carboxylic acids is 1. The van der Waals surface area contributed by atoms with Gasteiger partial charge in [0.05, 0.1) is 18.1 Å². The van der Waals surface area contributed by atoms with E-state index in [1.807, 2.05) is 42.8 Å². The summed E-state index contributed by atoms with van der Waals surface area (Å²) in [6.07, 6.45) is 0. The lowest BCUT2D eigenvalue weighted by atomic mass is 10.1. The number of anilines is 1. The fourth-order valence-electron chi connectivity index (χ4n) is 1.85. The Balaban J connectivity index is 2.18. The van der Waals surface area contributed by atoms with Gasteiger partial charge in [-0.2, -0.15) is 11.3 Å². The van der Waals surface area contributed by atoms with E-state index in [1.165, 1.54) is 11.3 Å². The minimum atomic E-state index is -0.103. The van der Waals surface area contributed by atoms with Crippen LogP contribution in [0.25, 0.3) is 0 Å². The molecule has 0 bridgehead atoms. The maximum atomic E-state index is 12.1. The van der Waals surface area contributed by atoms with Crippen molar-refractivity contribution < 1.29 is 9.53 Å². The van der Waals surface area contributed by atoms with Crippen molar-refractivity contribution in [1.82, 2.24) is 0 Å². The molecule has 2 rings (SSSR count). The van der Waals surface area contributed by atoms with Crippen LogP contribution in [0, 0.1) is 6.92 Å². The molecule has 0 saturated heterocycles. The van der Waals surface area contributed by atoms with E-state index in [-0.39, 0.29) is 5.91 Å². The first-order chi connectivity index (χ1) is 9.65. The van der Waals surface area contributed by atoms with Crippen molar-refractivity contribution >= 4 is 34.5 Å². The number of rotatable bonds is 5. The molecule has 0 aliphatic heterocycles. The number of benzene rings is 1. The molecule has 0 fully saturated rings. The quantitative estimate of drug-likeness (QED) is 0.829. The van der Waals surface area contributed by atoms with Gasteiger partial charge >= 0.3 is 0 Å². The van der Waals surface area contributed by atoms with E-state index in [2.05, 4.69) is 5.32 Å². The van der Waals surface area contributed by atoms with Crippen molar-refractivity contribution in [3.63, 3.8) is 0 Å².